The highest BCUT2D eigenvalue weighted by atomic mass is 16.6. The number of carbonyl (C=O) groups is 3. The third-order valence-corrected chi connectivity index (χ3v) is 11.0. The average Bonchev–Trinajstić information content (AvgIpc) is 3.19. The van der Waals surface area contributed by atoms with Crippen LogP contribution in [0.2, 0.25) is 0 Å². The first kappa shape index (κ1) is 56.5. The number of esters is 2. The van der Waals surface area contributed by atoms with Gasteiger partial charge in [-0.15, -0.1) is 0 Å². The fourth-order valence-corrected chi connectivity index (χ4v) is 7.15. The molecule has 344 valence electrons. The maximum Gasteiger partial charge on any atom is 0.306 e. The zero-order chi connectivity index (χ0) is 43.5. The molecule has 0 heterocycles. The van der Waals surface area contributed by atoms with Gasteiger partial charge < -0.3 is 28.6 Å². The predicted octanol–water partition coefficient (Wildman–Crippen LogP) is 12.5. The van der Waals surface area contributed by atoms with Gasteiger partial charge in [0, 0.05) is 19.3 Å². The van der Waals surface area contributed by atoms with E-state index in [-0.39, 0.29) is 42.7 Å². The maximum atomic E-state index is 12.8. The first-order valence-corrected chi connectivity index (χ1v) is 24.5. The Labute approximate surface area is 364 Å². The number of allylic oxidation sites excluding steroid dienone is 6. The molecule has 8 heteroatoms. The van der Waals surface area contributed by atoms with Crippen LogP contribution in [0.3, 0.4) is 0 Å². The van der Waals surface area contributed by atoms with Crippen molar-refractivity contribution in [3.63, 3.8) is 0 Å². The molecular formula is C51H93NO7. The van der Waals surface area contributed by atoms with Crippen molar-refractivity contribution in [1.82, 2.24) is 0 Å². The highest BCUT2D eigenvalue weighted by molar-refractivity contribution is 5.70. The number of unbranched alkanes of at least 4 members (excludes halogenated alkanes) is 24. The molecule has 0 amide bonds. The van der Waals surface area contributed by atoms with Gasteiger partial charge in [0.05, 0.1) is 40.3 Å². The number of carboxylic acid groups (broad SMARTS) is 1. The number of carbonyl (C=O) groups excluding carboxylic acids is 3. The molecule has 0 aliphatic carbocycles. The molecule has 2 unspecified atom stereocenters. The lowest BCUT2D eigenvalue weighted by Crippen LogP contribution is -2.55. The van der Waals surface area contributed by atoms with Crippen molar-refractivity contribution < 1.29 is 38.2 Å². The molecule has 0 aromatic heterocycles. The molecular weight excluding hydrogens is 739 g/mol. The van der Waals surface area contributed by atoms with E-state index >= 15 is 0 Å². The van der Waals surface area contributed by atoms with Gasteiger partial charge in [0.15, 0.2) is 6.10 Å². The van der Waals surface area contributed by atoms with Gasteiger partial charge in [0.25, 0.3) is 0 Å². The lowest BCUT2D eigenvalue weighted by molar-refractivity contribution is -0.889. The van der Waals surface area contributed by atoms with Gasteiger partial charge >= 0.3 is 11.9 Å². The Morgan fingerprint density at radius 3 is 1.36 bits per heavy atom. The SMILES string of the molecule is CCCCC/C=C/C/C=C/CCCCCCCCCC(=O)OCC(COCCC(C(=O)[O-])[N+](C)(C)C)OC(=O)CCCCCCC/C=C/CCCCCCCCCCC. The van der Waals surface area contributed by atoms with Crippen LogP contribution in [0.4, 0.5) is 0 Å². The first-order valence-electron chi connectivity index (χ1n) is 24.5. The molecule has 0 aromatic carbocycles. The second-order valence-corrected chi connectivity index (χ2v) is 17.7. The van der Waals surface area contributed by atoms with Crippen LogP contribution in [0.5, 0.6) is 0 Å². The van der Waals surface area contributed by atoms with E-state index in [4.69, 9.17) is 14.2 Å². The number of quaternary nitrogens is 1. The molecule has 59 heavy (non-hydrogen) atoms. The zero-order valence-corrected chi connectivity index (χ0v) is 39.2. The second-order valence-electron chi connectivity index (χ2n) is 17.7. The topological polar surface area (TPSA) is 102 Å². The van der Waals surface area contributed by atoms with Crippen LogP contribution in [0, 0.1) is 0 Å². The Morgan fingerprint density at radius 2 is 0.898 bits per heavy atom. The molecule has 0 aliphatic heterocycles. The van der Waals surface area contributed by atoms with Crippen molar-refractivity contribution >= 4 is 17.9 Å². The van der Waals surface area contributed by atoms with Gasteiger partial charge in [0.2, 0.25) is 0 Å². The normalized spacial score (nSPS) is 13.2. The van der Waals surface area contributed by atoms with Gasteiger partial charge in [-0.05, 0) is 70.6 Å². The third-order valence-electron chi connectivity index (χ3n) is 11.0. The van der Waals surface area contributed by atoms with E-state index in [0.717, 1.165) is 64.2 Å². The summed E-state index contributed by atoms with van der Waals surface area (Å²) in [6, 6.07) is -0.728. The average molecular weight is 832 g/mol. The summed E-state index contributed by atoms with van der Waals surface area (Å²) in [6.45, 7) is 4.64. The van der Waals surface area contributed by atoms with Crippen molar-refractivity contribution in [2.45, 2.75) is 231 Å². The minimum atomic E-state index is -1.13. The third kappa shape index (κ3) is 40.7. The van der Waals surface area contributed by atoms with Crippen molar-refractivity contribution in [1.29, 1.82) is 0 Å². The van der Waals surface area contributed by atoms with Crippen molar-refractivity contribution in [3.05, 3.63) is 36.5 Å². The minimum Gasteiger partial charge on any atom is -0.544 e. The van der Waals surface area contributed by atoms with Crippen LogP contribution >= 0.6 is 0 Å². The number of ether oxygens (including phenoxy) is 3. The molecule has 0 saturated heterocycles. The molecule has 0 aliphatic rings. The number of hydrogen-bond acceptors (Lipinski definition) is 7. The molecule has 0 spiro atoms. The monoisotopic (exact) mass is 832 g/mol. The highest BCUT2D eigenvalue weighted by Crippen LogP contribution is 2.14. The fourth-order valence-electron chi connectivity index (χ4n) is 7.15. The molecule has 8 nitrogen and oxygen atoms in total. The summed E-state index contributed by atoms with van der Waals surface area (Å²) in [7, 11) is 5.41. The molecule has 0 rings (SSSR count). The van der Waals surface area contributed by atoms with Crippen LogP contribution in [0.1, 0.15) is 219 Å². The smallest absolute Gasteiger partial charge is 0.306 e. The van der Waals surface area contributed by atoms with E-state index in [0.29, 0.717) is 12.8 Å². The number of rotatable bonds is 44. The summed E-state index contributed by atoms with van der Waals surface area (Å²) >= 11 is 0. The molecule has 2 atom stereocenters. The standard InChI is InChI=1S/C51H93NO7/c1-6-8-10-12-14-16-18-20-22-24-26-28-30-32-34-36-38-40-42-50(54)59-47(45-57-44-43-48(51(55)56)52(3,4)5)46-58-49(53)41-39-37-35-33-31-29-27-25-23-21-19-17-15-13-11-9-7-2/h15,17,21,23,26,28,47-48H,6-14,16,18-20,22,24-25,27,29-46H2,1-5H3/b17-15+,23-21+,28-26+. The van der Waals surface area contributed by atoms with Gasteiger partial charge in [0.1, 0.15) is 12.6 Å². The Bertz CT molecular complexity index is 1060. The van der Waals surface area contributed by atoms with E-state index in [2.05, 4.69) is 50.3 Å². The molecule has 0 radical (unpaired) electrons. The molecule has 0 N–H and O–H groups in total. The van der Waals surface area contributed by atoms with Crippen LogP contribution < -0.4 is 5.11 Å². The highest BCUT2D eigenvalue weighted by Gasteiger charge is 2.25. The Balaban J connectivity index is 4.30. The van der Waals surface area contributed by atoms with Crippen molar-refractivity contribution in [3.8, 4) is 0 Å². The lowest BCUT2D eigenvalue weighted by Gasteiger charge is -2.34. The summed E-state index contributed by atoms with van der Waals surface area (Å²) in [4.78, 5) is 37.0. The van der Waals surface area contributed by atoms with Crippen LogP contribution in [0.15, 0.2) is 36.5 Å². The van der Waals surface area contributed by atoms with E-state index in [1.807, 2.05) is 0 Å². The first-order chi connectivity index (χ1) is 28.6. The van der Waals surface area contributed by atoms with Gasteiger partial charge in [-0.3, -0.25) is 9.59 Å². The largest absolute Gasteiger partial charge is 0.544 e. The maximum absolute atomic E-state index is 12.8. The van der Waals surface area contributed by atoms with E-state index < -0.39 is 18.1 Å². The van der Waals surface area contributed by atoms with Crippen LogP contribution in [-0.4, -0.2) is 75.5 Å². The number of likely N-dealkylation sites (N-methyl/N-ethyl adjacent to an activating group) is 1. The van der Waals surface area contributed by atoms with Crippen molar-refractivity contribution in [2.75, 3.05) is 41.0 Å². The Kier molecular flexibility index (Phi) is 40.5. The van der Waals surface area contributed by atoms with Crippen LogP contribution in [0.25, 0.3) is 0 Å². The van der Waals surface area contributed by atoms with Gasteiger partial charge in [-0.2, -0.15) is 0 Å². The summed E-state index contributed by atoms with van der Waals surface area (Å²) in [5.74, 6) is -1.75. The fraction of sp³-hybridized carbons (Fsp3) is 0.824. The summed E-state index contributed by atoms with van der Waals surface area (Å²) < 4.78 is 17.2. The summed E-state index contributed by atoms with van der Waals surface area (Å²) in [6.07, 6.45) is 48.8. The van der Waals surface area contributed by atoms with E-state index in [1.54, 1.807) is 21.1 Å². The van der Waals surface area contributed by atoms with Crippen molar-refractivity contribution in [2.24, 2.45) is 0 Å². The van der Waals surface area contributed by atoms with Crippen LogP contribution in [-0.2, 0) is 28.6 Å². The summed E-state index contributed by atoms with van der Waals surface area (Å²) in [5.41, 5.74) is 0. The summed E-state index contributed by atoms with van der Waals surface area (Å²) in [5, 5.41) is 11.6. The predicted molar refractivity (Wildman–Crippen MR) is 245 cm³/mol. The second kappa shape index (κ2) is 42.2. The number of nitrogens with zero attached hydrogens (tertiary/aromatic N) is 1. The van der Waals surface area contributed by atoms with E-state index in [1.165, 1.54) is 122 Å². The molecule has 0 saturated carbocycles. The number of aliphatic carboxylic acids is 1. The molecule has 0 aromatic rings. The van der Waals surface area contributed by atoms with Gasteiger partial charge in [-0.25, -0.2) is 0 Å². The van der Waals surface area contributed by atoms with Gasteiger partial charge in [-0.1, -0.05) is 166 Å². The van der Waals surface area contributed by atoms with E-state index in [9.17, 15) is 19.5 Å². The zero-order valence-electron chi connectivity index (χ0n) is 39.2. The number of carboxylic acids is 1. The number of hydrogen-bond donors (Lipinski definition) is 0. The Hall–Kier alpha value is -2.45. The Morgan fingerprint density at radius 1 is 0.508 bits per heavy atom. The minimum absolute atomic E-state index is 0.0362. The lowest BCUT2D eigenvalue weighted by atomic mass is 10.1. The molecule has 0 bridgehead atoms. The quantitative estimate of drug-likeness (QED) is 0.0261. The molecule has 0 fully saturated rings.